The van der Waals surface area contributed by atoms with Crippen LogP contribution >= 0.6 is 0 Å². The van der Waals surface area contributed by atoms with Crippen molar-refractivity contribution in [3.05, 3.63) is 158 Å². The van der Waals surface area contributed by atoms with Crippen molar-refractivity contribution in [3.63, 3.8) is 0 Å². The molecule has 4 heteroatoms. The Bertz CT molecular complexity index is 3110. The summed E-state index contributed by atoms with van der Waals surface area (Å²) in [5.74, 6) is 0. The molecule has 49 heavy (non-hydrogen) atoms. The van der Waals surface area contributed by atoms with E-state index < -0.39 is 0 Å². The van der Waals surface area contributed by atoms with Crippen molar-refractivity contribution in [1.29, 1.82) is 0 Å². The lowest BCUT2D eigenvalue weighted by atomic mass is 9.98. The van der Waals surface area contributed by atoms with Gasteiger partial charge in [-0.05, 0) is 59.7 Å². The molecule has 0 aliphatic rings. The lowest BCUT2D eigenvalue weighted by Crippen LogP contribution is -1.94. The molecular formula is C45H26N2O2. The van der Waals surface area contributed by atoms with Gasteiger partial charge in [-0.2, -0.15) is 0 Å². The molecule has 4 aromatic heterocycles. The number of benzene rings is 7. The molecule has 4 heterocycles. The Morgan fingerprint density at radius 3 is 2.02 bits per heavy atom. The van der Waals surface area contributed by atoms with Crippen molar-refractivity contribution in [3.8, 4) is 28.1 Å². The van der Waals surface area contributed by atoms with Crippen molar-refractivity contribution in [2.45, 2.75) is 0 Å². The van der Waals surface area contributed by atoms with E-state index in [1.54, 1.807) is 0 Å². The lowest BCUT2D eigenvalue weighted by molar-refractivity contribution is 0.665. The molecule has 4 nitrogen and oxygen atoms in total. The molecule has 0 fully saturated rings. The third-order valence-electron chi connectivity index (χ3n) is 10.00. The van der Waals surface area contributed by atoms with Crippen molar-refractivity contribution in [1.82, 2.24) is 9.55 Å². The summed E-state index contributed by atoms with van der Waals surface area (Å²) in [7, 11) is 0. The fraction of sp³-hybridized carbons (Fsp3) is 0. The Morgan fingerprint density at radius 1 is 0.429 bits per heavy atom. The number of pyridine rings is 1. The number of rotatable bonds is 3. The minimum Gasteiger partial charge on any atom is -0.454 e. The van der Waals surface area contributed by atoms with Crippen molar-refractivity contribution >= 4 is 76.6 Å². The van der Waals surface area contributed by atoms with Crippen LogP contribution in [0.2, 0.25) is 0 Å². The van der Waals surface area contributed by atoms with E-state index in [9.17, 15) is 0 Å². The smallest absolute Gasteiger partial charge is 0.160 e. The number of hydrogen-bond donors (Lipinski definition) is 0. The van der Waals surface area contributed by atoms with E-state index in [1.165, 1.54) is 10.9 Å². The SMILES string of the molecule is c1ccc(-c2cc(-c3ccc4c(c3)oc3c(-n5c6ccccc6c6ccc7c8ccccc8oc7c65)cccc34)nc3ccccc23)cc1. The second-order valence-corrected chi connectivity index (χ2v) is 12.7. The quantitative estimate of drug-likeness (QED) is 0.196. The zero-order valence-electron chi connectivity index (χ0n) is 26.2. The minimum atomic E-state index is 0.825. The molecule has 7 aromatic carbocycles. The standard InChI is InChI=1S/C45H26N2O2/c1-2-11-27(12-3-1)36-26-38(46-37-17-7-4-13-29(36)37)28-21-22-32-34-16-10-19-40(44(34)49-42(32)25-28)47-39-18-8-5-14-30(39)33-23-24-35-31-15-6-9-20-41(31)48-45(35)43(33)47/h1-26H. The van der Waals surface area contributed by atoms with Gasteiger partial charge in [0, 0.05) is 43.3 Å². The zero-order chi connectivity index (χ0) is 32.1. The Hall–Kier alpha value is -6.65. The van der Waals surface area contributed by atoms with Crippen LogP contribution in [-0.2, 0) is 0 Å². The van der Waals surface area contributed by atoms with Gasteiger partial charge in [-0.15, -0.1) is 0 Å². The first kappa shape index (κ1) is 26.4. The highest BCUT2D eigenvalue weighted by Gasteiger charge is 2.22. The van der Waals surface area contributed by atoms with Gasteiger partial charge in [0.25, 0.3) is 0 Å². The summed E-state index contributed by atoms with van der Waals surface area (Å²) in [6, 6.07) is 55.2. The zero-order valence-corrected chi connectivity index (χ0v) is 26.2. The highest BCUT2D eigenvalue weighted by molar-refractivity contribution is 6.22. The largest absolute Gasteiger partial charge is 0.454 e. The first-order chi connectivity index (χ1) is 24.3. The summed E-state index contributed by atoms with van der Waals surface area (Å²) in [6.07, 6.45) is 0. The highest BCUT2D eigenvalue weighted by Crippen LogP contribution is 2.43. The summed E-state index contributed by atoms with van der Waals surface area (Å²) in [4.78, 5) is 5.11. The fourth-order valence-corrected chi connectivity index (χ4v) is 7.78. The minimum absolute atomic E-state index is 0.825. The Labute approximate surface area is 280 Å². The monoisotopic (exact) mass is 626 g/mol. The van der Waals surface area contributed by atoms with Crippen LogP contribution in [0.25, 0.3) is 105 Å². The molecule has 0 aliphatic heterocycles. The molecule has 0 saturated carbocycles. The van der Waals surface area contributed by atoms with Crippen molar-refractivity contribution < 1.29 is 8.83 Å². The second-order valence-electron chi connectivity index (χ2n) is 12.7. The van der Waals surface area contributed by atoms with Gasteiger partial charge in [-0.3, -0.25) is 0 Å². The van der Waals surface area contributed by atoms with E-state index in [-0.39, 0.29) is 0 Å². The predicted octanol–water partition coefficient (Wildman–Crippen LogP) is 12.5. The molecule has 11 rings (SSSR count). The van der Waals surface area contributed by atoms with E-state index in [2.05, 4.69) is 144 Å². The lowest BCUT2D eigenvalue weighted by Gasteiger charge is -2.10. The average Bonchev–Trinajstić information content (AvgIpc) is 3.84. The summed E-state index contributed by atoms with van der Waals surface area (Å²) in [5.41, 5.74) is 11.8. The third kappa shape index (κ3) is 3.77. The van der Waals surface area contributed by atoms with E-state index >= 15 is 0 Å². The molecule has 228 valence electrons. The van der Waals surface area contributed by atoms with Crippen molar-refractivity contribution in [2.24, 2.45) is 0 Å². The number of furan rings is 2. The number of nitrogens with zero attached hydrogens (tertiary/aromatic N) is 2. The summed E-state index contributed by atoms with van der Waals surface area (Å²) in [5, 5.41) is 7.81. The number of fused-ring (bicyclic) bond motifs is 11. The van der Waals surface area contributed by atoms with E-state index in [4.69, 9.17) is 13.8 Å². The molecule has 0 N–H and O–H groups in total. The fourth-order valence-electron chi connectivity index (χ4n) is 7.78. The van der Waals surface area contributed by atoms with Crippen LogP contribution < -0.4 is 0 Å². The van der Waals surface area contributed by atoms with Crippen LogP contribution in [0, 0.1) is 0 Å². The first-order valence-electron chi connectivity index (χ1n) is 16.5. The summed E-state index contributed by atoms with van der Waals surface area (Å²) < 4.78 is 15.8. The van der Waals surface area contributed by atoms with E-state index in [0.717, 1.165) is 93.7 Å². The van der Waals surface area contributed by atoms with Gasteiger partial charge in [0.2, 0.25) is 0 Å². The molecule has 11 aromatic rings. The Balaban J connectivity index is 1.16. The summed E-state index contributed by atoms with van der Waals surface area (Å²) >= 11 is 0. The van der Waals surface area contributed by atoms with Gasteiger partial charge in [-0.1, -0.05) is 109 Å². The number of aromatic nitrogens is 2. The van der Waals surface area contributed by atoms with E-state index in [1.807, 2.05) is 18.2 Å². The van der Waals surface area contributed by atoms with Crippen LogP contribution in [0.5, 0.6) is 0 Å². The molecule has 0 bridgehead atoms. The normalized spacial score (nSPS) is 12.1. The number of hydrogen-bond acceptors (Lipinski definition) is 3. The van der Waals surface area contributed by atoms with Crippen LogP contribution in [0.1, 0.15) is 0 Å². The Kier molecular flexibility index (Phi) is 5.35. The average molecular weight is 627 g/mol. The molecular weight excluding hydrogens is 601 g/mol. The maximum Gasteiger partial charge on any atom is 0.160 e. The van der Waals surface area contributed by atoms with Crippen LogP contribution in [0.4, 0.5) is 0 Å². The molecule has 0 saturated heterocycles. The van der Waals surface area contributed by atoms with Crippen LogP contribution in [0.15, 0.2) is 167 Å². The third-order valence-corrected chi connectivity index (χ3v) is 10.00. The highest BCUT2D eigenvalue weighted by atomic mass is 16.3. The maximum absolute atomic E-state index is 6.86. The Morgan fingerprint density at radius 2 is 1.10 bits per heavy atom. The second kappa shape index (κ2) is 9.93. The molecule has 0 spiro atoms. The van der Waals surface area contributed by atoms with Gasteiger partial charge in [-0.25, -0.2) is 4.98 Å². The van der Waals surface area contributed by atoms with Crippen LogP contribution in [-0.4, -0.2) is 9.55 Å². The van der Waals surface area contributed by atoms with Gasteiger partial charge in [0.1, 0.15) is 11.2 Å². The molecule has 0 radical (unpaired) electrons. The van der Waals surface area contributed by atoms with Gasteiger partial charge < -0.3 is 13.4 Å². The molecule has 0 amide bonds. The maximum atomic E-state index is 6.86. The molecule has 0 unspecified atom stereocenters. The topological polar surface area (TPSA) is 44.1 Å². The van der Waals surface area contributed by atoms with E-state index in [0.29, 0.717) is 0 Å². The van der Waals surface area contributed by atoms with Gasteiger partial charge in [0.15, 0.2) is 11.2 Å². The summed E-state index contributed by atoms with van der Waals surface area (Å²) in [6.45, 7) is 0. The van der Waals surface area contributed by atoms with Crippen molar-refractivity contribution in [2.75, 3.05) is 0 Å². The van der Waals surface area contributed by atoms with Gasteiger partial charge >= 0.3 is 0 Å². The predicted molar refractivity (Wildman–Crippen MR) is 202 cm³/mol. The molecule has 0 aliphatic carbocycles. The number of para-hydroxylation sites is 4. The first-order valence-corrected chi connectivity index (χ1v) is 16.5. The molecule has 0 atom stereocenters. The van der Waals surface area contributed by atoms with Crippen LogP contribution in [0.3, 0.4) is 0 Å². The van der Waals surface area contributed by atoms with Gasteiger partial charge in [0.05, 0.1) is 27.9 Å².